The lowest BCUT2D eigenvalue weighted by Gasteiger charge is -2.40. The number of hydrogen-bond donors (Lipinski definition) is 4. The zero-order valence-electron chi connectivity index (χ0n) is 25.3. The lowest BCUT2D eigenvalue weighted by molar-refractivity contribution is 0.0275. The lowest BCUT2D eigenvalue weighted by atomic mass is 10.00. The van der Waals surface area contributed by atoms with Gasteiger partial charge in [-0.3, -0.25) is 0 Å². The van der Waals surface area contributed by atoms with E-state index in [4.69, 9.17) is 19.0 Å². The van der Waals surface area contributed by atoms with Crippen molar-refractivity contribution in [1.29, 1.82) is 0 Å². The molecule has 1 aliphatic rings. The number of likely N-dealkylation sites (N-methyl/N-ethyl adjacent to an activating group) is 1. The number of benzene rings is 2. The quantitative estimate of drug-likeness (QED) is 0.164. The van der Waals surface area contributed by atoms with Crippen molar-refractivity contribution in [3.05, 3.63) is 60.3 Å². The van der Waals surface area contributed by atoms with Crippen LogP contribution in [0.1, 0.15) is 32.3 Å². The van der Waals surface area contributed by atoms with Gasteiger partial charge in [0.15, 0.2) is 0 Å². The van der Waals surface area contributed by atoms with E-state index in [1.165, 1.54) is 11.3 Å². The number of para-hydroxylation sites is 1. The summed E-state index contributed by atoms with van der Waals surface area (Å²) in [7, 11) is 4.20. The molecule has 2 aromatic heterocycles. The molecule has 3 heterocycles. The molecule has 0 amide bonds. The SMILES string of the molecule is COP(OC)c1ccccc1Nc1nc(Nc2ccc(N3CCC(N(C)CC(C)(C)O)CC3)c(C)c2)nc2[nH]ccc12. The molecule has 4 aromatic rings. The van der Waals surface area contributed by atoms with Crippen LogP contribution >= 0.6 is 8.38 Å². The second kappa shape index (κ2) is 12.9. The highest BCUT2D eigenvalue weighted by Crippen LogP contribution is 2.38. The van der Waals surface area contributed by atoms with Crippen molar-refractivity contribution in [3.8, 4) is 0 Å². The molecule has 1 fully saturated rings. The molecule has 0 radical (unpaired) electrons. The third kappa shape index (κ3) is 7.02. The van der Waals surface area contributed by atoms with Gasteiger partial charge < -0.3 is 39.6 Å². The number of H-pyrrole nitrogens is 1. The summed E-state index contributed by atoms with van der Waals surface area (Å²) in [6.07, 6.45) is 4.01. The first-order valence-corrected chi connectivity index (χ1v) is 15.5. The maximum atomic E-state index is 10.2. The van der Waals surface area contributed by atoms with Crippen molar-refractivity contribution < 1.29 is 14.2 Å². The van der Waals surface area contributed by atoms with E-state index in [9.17, 15) is 5.11 Å². The van der Waals surface area contributed by atoms with Gasteiger partial charge in [0.05, 0.1) is 22.0 Å². The number of anilines is 5. The molecule has 4 N–H and O–H groups in total. The molecule has 224 valence electrons. The Morgan fingerprint density at radius 3 is 2.50 bits per heavy atom. The fraction of sp³-hybridized carbons (Fsp3) is 0.419. The van der Waals surface area contributed by atoms with Gasteiger partial charge in [0, 0.05) is 57.5 Å². The zero-order valence-corrected chi connectivity index (χ0v) is 26.2. The Labute approximate surface area is 249 Å². The Bertz CT molecular complexity index is 1490. The van der Waals surface area contributed by atoms with E-state index in [1.807, 2.05) is 50.4 Å². The first-order valence-electron chi connectivity index (χ1n) is 14.3. The number of rotatable bonds is 11. The molecule has 42 heavy (non-hydrogen) atoms. The van der Waals surface area contributed by atoms with Crippen LogP contribution in [0.25, 0.3) is 11.0 Å². The van der Waals surface area contributed by atoms with Crippen molar-refractivity contribution in [2.45, 2.75) is 45.3 Å². The molecule has 0 aliphatic carbocycles. The molecule has 0 unspecified atom stereocenters. The minimum absolute atomic E-state index is 0.486. The van der Waals surface area contributed by atoms with Gasteiger partial charge in [0.2, 0.25) is 14.3 Å². The summed E-state index contributed by atoms with van der Waals surface area (Å²) in [6, 6.07) is 16.8. The highest BCUT2D eigenvalue weighted by molar-refractivity contribution is 7.56. The van der Waals surface area contributed by atoms with Gasteiger partial charge in [0.25, 0.3) is 0 Å². The molecule has 1 saturated heterocycles. The van der Waals surface area contributed by atoms with Crippen molar-refractivity contribution in [2.75, 3.05) is 56.4 Å². The highest BCUT2D eigenvalue weighted by Gasteiger charge is 2.26. The Hall–Kier alpha value is -3.27. The van der Waals surface area contributed by atoms with Crippen LogP contribution < -0.4 is 20.8 Å². The van der Waals surface area contributed by atoms with E-state index in [2.05, 4.69) is 57.6 Å². The summed E-state index contributed by atoms with van der Waals surface area (Å²) in [6.45, 7) is 8.55. The smallest absolute Gasteiger partial charge is 0.231 e. The fourth-order valence-corrected chi connectivity index (χ4v) is 6.81. The molecule has 10 nitrogen and oxygen atoms in total. The van der Waals surface area contributed by atoms with Crippen molar-refractivity contribution in [1.82, 2.24) is 19.9 Å². The third-order valence-corrected chi connectivity index (χ3v) is 9.07. The molecule has 0 bridgehead atoms. The molecule has 1 aliphatic heterocycles. The van der Waals surface area contributed by atoms with Gasteiger partial charge >= 0.3 is 0 Å². The average molecular weight is 592 g/mol. The molecular weight excluding hydrogens is 549 g/mol. The van der Waals surface area contributed by atoms with E-state index in [0.717, 1.165) is 53.6 Å². The average Bonchev–Trinajstić information content (AvgIpc) is 3.43. The second-order valence-electron chi connectivity index (χ2n) is 11.5. The van der Waals surface area contributed by atoms with Crippen LogP contribution in [0.4, 0.5) is 28.8 Å². The number of aromatic nitrogens is 3. The first-order chi connectivity index (χ1) is 20.1. The van der Waals surface area contributed by atoms with Crippen LogP contribution in [0, 0.1) is 6.92 Å². The first kappa shape index (κ1) is 30.2. The van der Waals surface area contributed by atoms with Crippen LogP contribution in [-0.2, 0) is 9.05 Å². The van der Waals surface area contributed by atoms with Gasteiger partial charge in [-0.15, -0.1) is 0 Å². The van der Waals surface area contributed by atoms with E-state index < -0.39 is 14.0 Å². The van der Waals surface area contributed by atoms with E-state index in [1.54, 1.807) is 14.2 Å². The van der Waals surface area contributed by atoms with Crippen molar-refractivity contribution in [2.24, 2.45) is 0 Å². The number of piperidine rings is 1. The minimum Gasteiger partial charge on any atom is -0.389 e. The van der Waals surface area contributed by atoms with Gasteiger partial charge in [0.1, 0.15) is 11.5 Å². The molecule has 11 heteroatoms. The topological polar surface area (TPSA) is 111 Å². The molecule has 2 aromatic carbocycles. The largest absolute Gasteiger partial charge is 0.389 e. The van der Waals surface area contributed by atoms with Gasteiger partial charge in [-0.2, -0.15) is 9.97 Å². The fourth-order valence-electron chi connectivity index (χ4n) is 5.73. The second-order valence-corrected chi connectivity index (χ2v) is 13.2. The Kier molecular flexibility index (Phi) is 9.30. The maximum absolute atomic E-state index is 10.2. The van der Waals surface area contributed by atoms with Crippen molar-refractivity contribution >= 4 is 53.5 Å². The number of nitrogens with zero attached hydrogens (tertiary/aromatic N) is 4. The summed E-state index contributed by atoms with van der Waals surface area (Å²) >= 11 is 0. The van der Waals surface area contributed by atoms with E-state index in [0.29, 0.717) is 24.4 Å². The molecular formula is C31H42N7O3P. The Balaban J connectivity index is 1.31. The van der Waals surface area contributed by atoms with Gasteiger partial charge in [-0.05, 0) is 82.6 Å². The molecule has 0 atom stereocenters. The molecule has 0 spiro atoms. The van der Waals surface area contributed by atoms with Crippen LogP contribution in [0.15, 0.2) is 54.7 Å². The lowest BCUT2D eigenvalue weighted by Crippen LogP contribution is -2.47. The number of aromatic amines is 1. The van der Waals surface area contributed by atoms with Crippen LogP contribution in [0.2, 0.25) is 0 Å². The summed E-state index contributed by atoms with van der Waals surface area (Å²) in [5.74, 6) is 1.18. The number of fused-ring (bicyclic) bond motifs is 1. The normalized spacial score (nSPS) is 14.7. The standard InChI is InChI=1S/C31H42N7O3P/c1-21-19-22(11-12-26(21)38-17-14-23(15-18-38)37(4)20-31(2,3)39)33-30-35-28-24(13-16-32-28)29(36-30)34-25-9-7-8-10-27(25)42(40-5)41-6/h7-13,16,19,23,39H,14-15,17-18,20H2,1-6H3,(H3,32,33,34,35,36). The summed E-state index contributed by atoms with van der Waals surface area (Å²) < 4.78 is 11.1. The maximum Gasteiger partial charge on any atom is 0.231 e. The number of aliphatic hydroxyl groups is 1. The summed E-state index contributed by atoms with van der Waals surface area (Å²) in [5, 5.41) is 18.9. The van der Waals surface area contributed by atoms with E-state index >= 15 is 0 Å². The monoisotopic (exact) mass is 591 g/mol. The number of hydrogen-bond acceptors (Lipinski definition) is 9. The van der Waals surface area contributed by atoms with E-state index in [-0.39, 0.29) is 0 Å². The zero-order chi connectivity index (χ0) is 29.9. The van der Waals surface area contributed by atoms with Crippen LogP contribution in [0.5, 0.6) is 0 Å². The van der Waals surface area contributed by atoms with Crippen LogP contribution in [-0.4, -0.2) is 77.5 Å². The summed E-state index contributed by atoms with van der Waals surface area (Å²) in [4.78, 5) is 17.5. The number of nitrogens with one attached hydrogen (secondary N) is 3. The number of aryl methyl sites for hydroxylation is 1. The summed E-state index contributed by atoms with van der Waals surface area (Å²) in [5.41, 5.74) is 4.30. The molecule has 0 saturated carbocycles. The predicted octanol–water partition coefficient (Wildman–Crippen LogP) is 5.66. The Morgan fingerprint density at radius 1 is 1.07 bits per heavy atom. The Morgan fingerprint density at radius 2 is 1.81 bits per heavy atom. The third-order valence-electron chi connectivity index (χ3n) is 7.62. The highest BCUT2D eigenvalue weighted by atomic mass is 31.2. The molecule has 5 rings (SSSR count). The van der Waals surface area contributed by atoms with Crippen molar-refractivity contribution in [3.63, 3.8) is 0 Å². The van der Waals surface area contributed by atoms with Crippen LogP contribution in [0.3, 0.4) is 0 Å². The minimum atomic E-state index is -1.22. The van der Waals surface area contributed by atoms with Gasteiger partial charge in [-0.1, -0.05) is 12.1 Å². The predicted molar refractivity (Wildman–Crippen MR) is 173 cm³/mol. The van der Waals surface area contributed by atoms with Gasteiger partial charge in [-0.25, -0.2) is 0 Å².